The summed E-state index contributed by atoms with van der Waals surface area (Å²) in [6, 6.07) is 7.80. The Morgan fingerprint density at radius 2 is 1.88 bits per heavy atom. The molecule has 0 amide bonds. The molecule has 0 bridgehead atoms. The van der Waals surface area contributed by atoms with Crippen LogP contribution in [0.3, 0.4) is 0 Å². The number of hydrogen-bond donors (Lipinski definition) is 0. The molecule has 0 aromatic heterocycles. The van der Waals surface area contributed by atoms with Gasteiger partial charge in [0.2, 0.25) is 0 Å². The minimum atomic E-state index is 0.551. The molecule has 1 aromatic rings. The van der Waals surface area contributed by atoms with Crippen molar-refractivity contribution in [1.29, 1.82) is 0 Å². The van der Waals surface area contributed by atoms with Gasteiger partial charge in [-0.3, -0.25) is 0 Å². The highest BCUT2D eigenvalue weighted by molar-refractivity contribution is 5.26. The van der Waals surface area contributed by atoms with Gasteiger partial charge in [-0.1, -0.05) is 18.7 Å². The van der Waals surface area contributed by atoms with Crippen molar-refractivity contribution in [3.63, 3.8) is 0 Å². The summed E-state index contributed by atoms with van der Waals surface area (Å²) in [5, 5.41) is 0. The van der Waals surface area contributed by atoms with Gasteiger partial charge in [-0.05, 0) is 36.8 Å². The highest BCUT2D eigenvalue weighted by Gasteiger charge is 1.95. The Hall–Kier alpha value is -2.03. The largest absolute Gasteiger partial charge is 0.497 e. The first kappa shape index (κ1) is 15.0. The zero-order valence-corrected chi connectivity index (χ0v) is 10.3. The minimum absolute atomic E-state index is 0.551. The highest BCUT2D eigenvalue weighted by Crippen LogP contribution is 2.13. The van der Waals surface area contributed by atoms with E-state index >= 15 is 0 Å². The maximum Gasteiger partial charge on any atom is 0.118 e. The Morgan fingerprint density at radius 3 is 2.29 bits per heavy atom. The van der Waals surface area contributed by atoms with E-state index in [1.807, 2.05) is 44.1 Å². The Bertz CT molecular complexity index is 352. The van der Waals surface area contributed by atoms with Crippen LogP contribution in [0, 0.1) is 0 Å². The number of carbonyl (C=O) groups is 1. The second-order valence-corrected chi connectivity index (χ2v) is 3.03. The van der Waals surface area contributed by atoms with E-state index in [1.54, 1.807) is 13.2 Å². The third kappa shape index (κ3) is 5.56. The molecule has 1 aromatic carbocycles. The number of methoxy groups -OCH3 is 1. The number of ether oxygens (including phenoxy) is 2. The van der Waals surface area contributed by atoms with Gasteiger partial charge < -0.3 is 14.3 Å². The molecule has 0 aliphatic heterocycles. The van der Waals surface area contributed by atoms with Gasteiger partial charge in [0, 0.05) is 0 Å². The number of allylic oxidation sites excluding steroid dienone is 2. The van der Waals surface area contributed by atoms with Gasteiger partial charge in [-0.2, -0.15) is 0 Å². The van der Waals surface area contributed by atoms with E-state index in [1.165, 1.54) is 0 Å². The molecule has 0 spiro atoms. The normalized spacial score (nSPS) is 9.88. The topological polar surface area (TPSA) is 35.5 Å². The summed E-state index contributed by atoms with van der Waals surface area (Å²) in [6.07, 6.45) is 3.58. The number of hydrogen-bond acceptors (Lipinski definition) is 3. The van der Waals surface area contributed by atoms with Gasteiger partial charge >= 0.3 is 0 Å². The molecule has 3 heteroatoms. The van der Waals surface area contributed by atoms with Gasteiger partial charge in [0.05, 0.1) is 7.11 Å². The van der Waals surface area contributed by atoms with Crippen LogP contribution in [0.5, 0.6) is 5.75 Å². The van der Waals surface area contributed by atoms with Crippen molar-refractivity contribution in [3.05, 3.63) is 54.3 Å². The van der Waals surface area contributed by atoms with Crippen molar-refractivity contribution < 1.29 is 14.3 Å². The Labute approximate surface area is 102 Å². The monoisotopic (exact) mass is 234 g/mol. The summed E-state index contributed by atoms with van der Waals surface area (Å²) >= 11 is 0. The quantitative estimate of drug-likeness (QED) is 0.580. The first-order valence-electron chi connectivity index (χ1n) is 5.13. The summed E-state index contributed by atoms with van der Waals surface area (Å²) in [6.45, 7) is 8.13. The maximum absolute atomic E-state index is 8.00. The molecule has 0 aliphatic carbocycles. The van der Waals surface area contributed by atoms with Crippen molar-refractivity contribution in [2.75, 3.05) is 7.11 Å². The predicted molar refractivity (Wildman–Crippen MR) is 68.9 cm³/mol. The van der Waals surface area contributed by atoms with E-state index in [0.29, 0.717) is 6.61 Å². The van der Waals surface area contributed by atoms with Crippen LogP contribution < -0.4 is 4.74 Å². The zero-order chi connectivity index (χ0) is 13.1. The van der Waals surface area contributed by atoms with Gasteiger partial charge in [-0.15, -0.1) is 0 Å². The fourth-order valence-electron chi connectivity index (χ4n) is 1.15. The second kappa shape index (κ2) is 9.21. The summed E-state index contributed by atoms with van der Waals surface area (Å²) in [7, 11) is 1.65. The third-order valence-corrected chi connectivity index (χ3v) is 2.05. The van der Waals surface area contributed by atoms with Crippen molar-refractivity contribution in [1.82, 2.24) is 0 Å². The Kier molecular flexibility index (Phi) is 8.11. The van der Waals surface area contributed by atoms with Crippen LogP contribution in [0.1, 0.15) is 12.5 Å². The second-order valence-electron chi connectivity index (χ2n) is 3.03. The lowest BCUT2D eigenvalue weighted by atomic mass is 10.2. The Balaban J connectivity index is 0.00000121. The van der Waals surface area contributed by atoms with Gasteiger partial charge in [0.15, 0.2) is 0 Å². The van der Waals surface area contributed by atoms with Crippen LogP contribution >= 0.6 is 0 Å². The molecular formula is C14H18O3. The molecule has 0 saturated heterocycles. The molecule has 0 saturated carbocycles. The molecule has 0 fully saturated rings. The van der Waals surface area contributed by atoms with Crippen LogP contribution in [0.25, 0.3) is 0 Å². The molecule has 0 radical (unpaired) electrons. The molecule has 17 heavy (non-hydrogen) atoms. The van der Waals surface area contributed by atoms with E-state index < -0.39 is 0 Å². The smallest absolute Gasteiger partial charge is 0.118 e. The molecule has 0 heterocycles. The van der Waals surface area contributed by atoms with Gasteiger partial charge in [0.1, 0.15) is 24.9 Å². The summed E-state index contributed by atoms with van der Waals surface area (Å²) in [4.78, 5) is 8.00. The lowest BCUT2D eigenvalue weighted by molar-refractivity contribution is -0.0979. The molecular weight excluding hydrogens is 216 g/mol. The molecule has 1 rings (SSSR count). The molecule has 0 aliphatic rings. The SMILES string of the molecule is C=C/C(=C\C)OCc1ccc(OC)cc1.C=O. The lowest BCUT2D eigenvalue weighted by Gasteiger charge is -2.07. The average Bonchev–Trinajstić information content (AvgIpc) is 2.43. The number of benzene rings is 1. The van der Waals surface area contributed by atoms with Crippen LogP contribution in [-0.4, -0.2) is 13.9 Å². The molecule has 0 N–H and O–H groups in total. The maximum atomic E-state index is 8.00. The van der Waals surface area contributed by atoms with Crippen molar-refractivity contribution >= 4 is 6.79 Å². The van der Waals surface area contributed by atoms with Crippen molar-refractivity contribution in [2.24, 2.45) is 0 Å². The first-order chi connectivity index (χ1) is 8.30. The zero-order valence-electron chi connectivity index (χ0n) is 10.3. The predicted octanol–water partition coefficient (Wildman–Crippen LogP) is 3.12. The van der Waals surface area contributed by atoms with E-state index in [-0.39, 0.29) is 0 Å². The van der Waals surface area contributed by atoms with E-state index in [9.17, 15) is 0 Å². The van der Waals surface area contributed by atoms with E-state index in [2.05, 4.69) is 6.58 Å². The van der Waals surface area contributed by atoms with Crippen molar-refractivity contribution in [3.8, 4) is 5.75 Å². The van der Waals surface area contributed by atoms with Crippen LogP contribution in [0.2, 0.25) is 0 Å². The summed E-state index contributed by atoms with van der Waals surface area (Å²) in [5.41, 5.74) is 1.11. The Morgan fingerprint density at radius 1 is 1.29 bits per heavy atom. The number of rotatable bonds is 5. The third-order valence-electron chi connectivity index (χ3n) is 2.05. The summed E-state index contributed by atoms with van der Waals surface area (Å²) in [5.74, 6) is 1.65. The molecule has 92 valence electrons. The average molecular weight is 234 g/mol. The van der Waals surface area contributed by atoms with Crippen LogP contribution in [0.4, 0.5) is 0 Å². The molecule has 0 unspecified atom stereocenters. The number of carbonyl (C=O) groups excluding carboxylic acids is 1. The lowest BCUT2D eigenvalue weighted by Crippen LogP contribution is -1.91. The molecule has 0 atom stereocenters. The summed E-state index contributed by atoms with van der Waals surface area (Å²) < 4.78 is 10.6. The standard InChI is InChI=1S/C13H16O2.CH2O/c1-4-12(5-2)15-10-11-6-8-13(14-3)9-7-11;1-2/h4-9H,1,10H2,2-3H3;1H2/b12-5+;. The van der Waals surface area contributed by atoms with E-state index in [0.717, 1.165) is 17.1 Å². The fourth-order valence-corrected chi connectivity index (χ4v) is 1.15. The van der Waals surface area contributed by atoms with Crippen molar-refractivity contribution in [2.45, 2.75) is 13.5 Å². The van der Waals surface area contributed by atoms with Gasteiger partial charge in [0.25, 0.3) is 0 Å². The van der Waals surface area contributed by atoms with Crippen LogP contribution in [0.15, 0.2) is 48.8 Å². The van der Waals surface area contributed by atoms with E-state index in [4.69, 9.17) is 14.3 Å². The molecule has 3 nitrogen and oxygen atoms in total. The van der Waals surface area contributed by atoms with Crippen LogP contribution in [-0.2, 0) is 16.1 Å². The fraction of sp³-hybridized carbons (Fsp3) is 0.214. The first-order valence-corrected chi connectivity index (χ1v) is 5.13. The minimum Gasteiger partial charge on any atom is -0.497 e. The van der Waals surface area contributed by atoms with Gasteiger partial charge in [-0.25, -0.2) is 0 Å². The highest BCUT2D eigenvalue weighted by atomic mass is 16.5.